The standard InChI is InChI=1S/C28H35NO5/c1-6-34-18-9-7-17(8-10-18)24-25-19(13-27(2,3)15-21(25)30)29(12-11-23(32)33)20-14-28(4,5)16-22(31)26(20)24/h7-10,24H,6,11-16H2,1-5H3,(H,32,33). The summed E-state index contributed by atoms with van der Waals surface area (Å²) in [6.45, 7) is 11.1. The van der Waals surface area contributed by atoms with Crippen molar-refractivity contribution in [1.82, 2.24) is 4.90 Å². The van der Waals surface area contributed by atoms with E-state index < -0.39 is 11.9 Å². The van der Waals surface area contributed by atoms with E-state index >= 15 is 0 Å². The number of carbonyl (C=O) groups excluding carboxylic acids is 2. The van der Waals surface area contributed by atoms with Gasteiger partial charge < -0.3 is 14.7 Å². The molecule has 1 aliphatic heterocycles. The average Bonchev–Trinajstić information content (AvgIpc) is 2.71. The molecular weight excluding hydrogens is 430 g/mol. The summed E-state index contributed by atoms with van der Waals surface area (Å²) < 4.78 is 5.61. The number of ketones is 2. The van der Waals surface area contributed by atoms with E-state index in [1.54, 1.807) is 0 Å². The van der Waals surface area contributed by atoms with Crippen molar-refractivity contribution in [3.63, 3.8) is 0 Å². The molecule has 182 valence electrons. The highest BCUT2D eigenvalue weighted by Crippen LogP contribution is 2.54. The smallest absolute Gasteiger partial charge is 0.305 e. The van der Waals surface area contributed by atoms with Crippen molar-refractivity contribution in [1.29, 1.82) is 0 Å². The van der Waals surface area contributed by atoms with Gasteiger partial charge in [0.15, 0.2) is 11.6 Å². The van der Waals surface area contributed by atoms with Gasteiger partial charge in [-0.3, -0.25) is 14.4 Å². The third-order valence-corrected chi connectivity index (χ3v) is 7.10. The fourth-order valence-corrected chi connectivity index (χ4v) is 5.78. The maximum Gasteiger partial charge on any atom is 0.305 e. The van der Waals surface area contributed by atoms with Crippen LogP contribution in [-0.2, 0) is 14.4 Å². The molecule has 1 aromatic rings. The number of allylic oxidation sites excluding steroid dienone is 4. The van der Waals surface area contributed by atoms with E-state index in [1.807, 2.05) is 36.1 Å². The quantitative estimate of drug-likeness (QED) is 0.618. The second kappa shape index (κ2) is 8.71. The highest BCUT2D eigenvalue weighted by atomic mass is 16.5. The van der Waals surface area contributed by atoms with E-state index in [9.17, 15) is 19.5 Å². The van der Waals surface area contributed by atoms with Gasteiger partial charge in [0.1, 0.15) is 5.75 Å². The maximum atomic E-state index is 13.6. The molecular formula is C28H35NO5. The van der Waals surface area contributed by atoms with E-state index in [4.69, 9.17) is 4.74 Å². The molecule has 0 radical (unpaired) electrons. The van der Waals surface area contributed by atoms with Crippen LogP contribution in [0, 0.1) is 10.8 Å². The molecule has 1 N–H and O–H groups in total. The topological polar surface area (TPSA) is 83.9 Å². The first-order chi connectivity index (χ1) is 15.9. The number of carbonyl (C=O) groups is 3. The van der Waals surface area contributed by atoms with Crippen LogP contribution in [0.1, 0.15) is 78.2 Å². The van der Waals surface area contributed by atoms with Gasteiger partial charge >= 0.3 is 5.97 Å². The summed E-state index contributed by atoms with van der Waals surface area (Å²) in [4.78, 5) is 40.8. The number of carboxylic acids is 1. The van der Waals surface area contributed by atoms with Gasteiger partial charge in [-0.15, -0.1) is 0 Å². The van der Waals surface area contributed by atoms with Crippen LogP contribution in [0.15, 0.2) is 46.8 Å². The van der Waals surface area contributed by atoms with Gasteiger partial charge in [0.25, 0.3) is 0 Å². The second-order valence-corrected chi connectivity index (χ2v) is 11.3. The third-order valence-electron chi connectivity index (χ3n) is 7.10. The van der Waals surface area contributed by atoms with E-state index in [0.717, 1.165) is 22.7 Å². The van der Waals surface area contributed by atoms with E-state index in [2.05, 4.69) is 27.7 Å². The van der Waals surface area contributed by atoms with Crippen LogP contribution < -0.4 is 4.74 Å². The summed E-state index contributed by atoms with van der Waals surface area (Å²) in [6, 6.07) is 7.70. The van der Waals surface area contributed by atoms with E-state index in [1.165, 1.54) is 0 Å². The Morgan fingerprint density at radius 3 is 1.88 bits per heavy atom. The van der Waals surface area contributed by atoms with Gasteiger partial charge in [-0.1, -0.05) is 39.8 Å². The zero-order valence-corrected chi connectivity index (χ0v) is 20.9. The highest BCUT2D eigenvalue weighted by molar-refractivity contribution is 6.06. The lowest BCUT2D eigenvalue weighted by Gasteiger charge is -2.49. The Kier molecular flexibility index (Phi) is 6.21. The lowest BCUT2D eigenvalue weighted by molar-refractivity contribution is -0.137. The van der Waals surface area contributed by atoms with Gasteiger partial charge in [0.05, 0.1) is 13.0 Å². The minimum atomic E-state index is -0.888. The molecule has 0 bridgehead atoms. The Balaban J connectivity index is 1.93. The lowest BCUT2D eigenvalue weighted by Crippen LogP contribution is -2.45. The molecule has 6 heteroatoms. The van der Waals surface area contributed by atoms with Crippen LogP contribution in [0.2, 0.25) is 0 Å². The van der Waals surface area contributed by atoms with Crippen molar-refractivity contribution in [3.05, 3.63) is 52.4 Å². The molecule has 34 heavy (non-hydrogen) atoms. The molecule has 3 aliphatic rings. The minimum Gasteiger partial charge on any atom is -0.494 e. The molecule has 6 nitrogen and oxygen atoms in total. The third kappa shape index (κ3) is 4.55. The van der Waals surface area contributed by atoms with Crippen molar-refractivity contribution < 1.29 is 24.2 Å². The monoisotopic (exact) mass is 465 g/mol. The first kappa shape index (κ1) is 24.2. The zero-order chi connectivity index (χ0) is 24.8. The predicted molar refractivity (Wildman–Crippen MR) is 129 cm³/mol. The number of ether oxygens (including phenoxy) is 1. The van der Waals surface area contributed by atoms with Crippen molar-refractivity contribution in [3.8, 4) is 5.75 Å². The number of carboxylic acid groups (broad SMARTS) is 1. The Morgan fingerprint density at radius 2 is 1.44 bits per heavy atom. The fraction of sp³-hybridized carbons (Fsp3) is 0.536. The summed E-state index contributed by atoms with van der Waals surface area (Å²) in [5.41, 5.74) is 3.57. The number of nitrogens with zero attached hydrogens (tertiary/aromatic N) is 1. The first-order valence-electron chi connectivity index (χ1n) is 12.2. The molecule has 0 saturated carbocycles. The van der Waals surface area contributed by atoms with Crippen LogP contribution in [0.4, 0.5) is 0 Å². The SMILES string of the molecule is CCOc1ccc(C2C3=C(CC(C)(C)CC3=O)N(CCC(=O)O)C3=C2C(=O)CC(C)(C)C3)cc1. The summed E-state index contributed by atoms with van der Waals surface area (Å²) in [7, 11) is 0. The molecule has 0 atom stereocenters. The molecule has 0 fully saturated rings. The van der Waals surface area contributed by atoms with Crippen molar-refractivity contribution in [2.45, 2.75) is 72.6 Å². The minimum absolute atomic E-state index is 0.0506. The van der Waals surface area contributed by atoms with Crippen molar-refractivity contribution >= 4 is 17.5 Å². The number of Topliss-reactive ketones (excluding diaryl/α,β-unsaturated/α-hetero) is 2. The number of hydrogen-bond donors (Lipinski definition) is 1. The zero-order valence-electron chi connectivity index (χ0n) is 20.9. The van der Waals surface area contributed by atoms with Gasteiger partial charge in [0, 0.05) is 47.8 Å². The molecule has 0 amide bonds. The average molecular weight is 466 g/mol. The molecule has 0 aromatic heterocycles. The summed E-state index contributed by atoms with van der Waals surface area (Å²) in [5.74, 6) is -0.459. The van der Waals surface area contributed by atoms with Gasteiger partial charge in [-0.05, 0) is 48.3 Å². The Hall–Kier alpha value is -2.89. The van der Waals surface area contributed by atoms with Crippen LogP contribution in [0.5, 0.6) is 5.75 Å². The number of aliphatic carboxylic acids is 1. The van der Waals surface area contributed by atoms with Crippen molar-refractivity contribution in [2.75, 3.05) is 13.2 Å². The number of benzene rings is 1. The molecule has 1 heterocycles. The first-order valence-corrected chi connectivity index (χ1v) is 12.2. The lowest BCUT2D eigenvalue weighted by atomic mass is 9.63. The summed E-state index contributed by atoms with van der Waals surface area (Å²) >= 11 is 0. The molecule has 0 saturated heterocycles. The maximum absolute atomic E-state index is 13.6. The molecule has 4 rings (SSSR count). The number of hydrogen-bond acceptors (Lipinski definition) is 5. The highest BCUT2D eigenvalue weighted by Gasteiger charge is 2.48. The summed E-state index contributed by atoms with van der Waals surface area (Å²) in [5, 5.41) is 9.44. The largest absolute Gasteiger partial charge is 0.494 e. The predicted octanol–water partition coefficient (Wildman–Crippen LogP) is 5.25. The Labute approximate surface area is 201 Å². The Bertz CT molecular complexity index is 1040. The van der Waals surface area contributed by atoms with Crippen LogP contribution in [0.3, 0.4) is 0 Å². The van der Waals surface area contributed by atoms with Crippen LogP contribution in [0.25, 0.3) is 0 Å². The van der Waals surface area contributed by atoms with Gasteiger partial charge in [-0.25, -0.2) is 0 Å². The number of rotatable bonds is 6. The van der Waals surface area contributed by atoms with Crippen LogP contribution >= 0.6 is 0 Å². The van der Waals surface area contributed by atoms with Crippen LogP contribution in [-0.4, -0.2) is 40.7 Å². The summed E-state index contributed by atoms with van der Waals surface area (Å²) in [6.07, 6.45) is 2.12. The molecule has 1 aromatic carbocycles. The van der Waals surface area contributed by atoms with E-state index in [-0.39, 0.29) is 35.4 Å². The van der Waals surface area contributed by atoms with E-state index in [0.29, 0.717) is 43.4 Å². The molecule has 2 aliphatic carbocycles. The normalized spacial score (nSPS) is 22.0. The fourth-order valence-electron chi connectivity index (χ4n) is 5.78. The Morgan fingerprint density at radius 1 is 0.941 bits per heavy atom. The van der Waals surface area contributed by atoms with Gasteiger partial charge in [0.2, 0.25) is 0 Å². The van der Waals surface area contributed by atoms with Gasteiger partial charge in [-0.2, -0.15) is 0 Å². The molecule has 0 unspecified atom stereocenters. The second-order valence-electron chi connectivity index (χ2n) is 11.3. The molecule has 0 spiro atoms. The van der Waals surface area contributed by atoms with Crippen molar-refractivity contribution in [2.24, 2.45) is 10.8 Å².